The van der Waals surface area contributed by atoms with Crippen molar-refractivity contribution < 1.29 is 19.2 Å². The van der Waals surface area contributed by atoms with Gasteiger partial charge in [0, 0.05) is 16.6 Å². The summed E-state index contributed by atoms with van der Waals surface area (Å²) in [4.78, 5) is 55.5. The van der Waals surface area contributed by atoms with Crippen LogP contribution < -0.4 is 0 Å². The molecule has 9 heteroatoms. The van der Waals surface area contributed by atoms with Gasteiger partial charge in [-0.05, 0) is 25.7 Å². The van der Waals surface area contributed by atoms with Crippen LogP contribution >= 0.6 is 23.2 Å². The third-order valence-electron chi connectivity index (χ3n) is 6.39. The first-order chi connectivity index (χ1) is 14.3. The third kappa shape index (κ3) is 3.63. The first kappa shape index (κ1) is 21.3. The van der Waals surface area contributed by atoms with Crippen molar-refractivity contribution in [3.05, 3.63) is 34.9 Å². The van der Waals surface area contributed by atoms with Crippen LogP contribution in [0.25, 0.3) is 0 Å². The zero-order valence-corrected chi connectivity index (χ0v) is 17.9. The van der Waals surface area contributed by atoms with Gasteiger partial charge >= 0.3 is 0 Å². The van der Waals surface area contributed by atoms with Crippen LogP contribution in [0.3, 0.4) is 0 Å². The molecule has 0 N–H and O–H groups in total. The third-order valence-corrected chi connectivity index (χ3v) is 7.01. The minimum atomic E-state index is -0.438. The van der Waals surface area contributed by atoms with E-state index >= 15 is 0 Å². The van der Waals surface area contributed by atoms with Crippen LogP contribution in [0.4, 0.5) is 0 Å². The number of allylic oxidation sites excluding steroid dienone is 4. The van der Waals surface area contributed by atoms with Gasteiger partial charge in [0.15, 0.2) is 0 Å². The first-order valence-electron chi connectivity index (χ1n) is 10.0. The summed E-state index contributed by atoms with van der Waals surface area (Å²) in [5, 5.41) is 1.20. The molecule has 4 rings (SSSR count). The maximum Gasteiger partial charge on any atom is 0.234 e. The molecule has 2 aliphatic heterocycles. The Morgan fingerprint density at radius 3 is 1.63 bits per heavy atom. The molecule has 4 atom stereocenters. The molecule has 0 unspecified atom stereocenters. The van der Waals surface area contributed by atoms with Gasteiger partial charge in [0.2, 0.25) is 23.6 Å². The second-order valence-corrected chi connectivity index (χ2v) is 9.21. The maximum absolute atomic E-state index is 12.8. The normalized spacial score (nSPS) is 31.2. The molecule has 4 aliphatic rings. The fourth-order valence-electron chi connectivity index (χ4n) is 4.81. The Balaban J connectivity index is 1.47. The van der Waals surface area contributed by atoms with E-state index in [9.17, 15) is 19.2 Å². The van der Waals surface area contributed by atoms with Crippen LogP contribution in [0.1, 0.15) is 25.7 Å². The number of likely N-dealkylation sites (tertiary alicyclic amines) is 2. The number of carbonyl (C=O) groups excluding carboxylic acids is 4. The Kier molecular flexibility index (Phi) is 5.88. The molecular formula is C21H23Cl2N3O4. The molecule has 2 fully saturated rings. The van der Waals surface area contributed by atoms with Crippen LogP contribution in [-0.2, 0) is 19.2 Å². The molecule has 0 aromatic rings. The number of rotatable bonds is 6. The predicted molar refractivity (Wildman–Crippen MR) is 111 cm³/mol. The number of amides is 4. The van der Waals surface area contributed by atoms with Crippen LogP contribution in [0.15, 0.2) is 34.9 Å². The summed E-state index contributed by atoms with van der Waals surface area (Å²) in [7, 11) is 0. The highest BCUT2D eigenvalue weighted by Gasteiger charge is 2.50. The molecule has 0 saturated carbocycles. The van der Waals surface area contributed by atoms with Gasteiger partial charge in [-0.2, -0.15) is 0 Å². The lowest BCUT2D eigenvalue weighted by Gasteiger charge is -2.29. The molecular weight excluding hydrogens is 429 g/mol. The average Bonchev–Trinajstić information content (AvgIpc) is 3.08. The number of halogens is 2. The van der Waals surface area contributed by atoms with E-state index in [4.69, 9.17) is 23.2 Å². The number of carbonyl (C=O) groups is 4. The van der Waals surface area contributed by atoms with Crippen molar-refractivity contribution in [3.63, 3.8) is 0 Å². The molecule has 0 aromatic carbocycles. The van der Waals surface area contributed by atoms with Gasteiger partial charge in [0.25, 0.3) is 0 Å². The zero-order chi connectivity index (χ0) is 21.6. The fourth-order valence-corrected chi connectivity index (χ4v) is 5.32. The highest BCUT2D eigenvalue weighted by atomic mass is 35.5. The van der Waals surface area contributed by atoms with E-state index < -0.39 is 23.7 Å². The fraction of sp³-hybridized carbons (Fsp3) is 0.524. The van der Waals surface area contributed by atoms with Crippen LogP contribution in [0.2, 0.25) is 0 Å². The average molecular weight is 452 g/mol. The molecule has 0 radical (unpaired) electrons. The molecule has 0 aromatic heterocycles. The lowest BCUT2D eigenvalue weighted by atomic mass is 9.85. The standard InChI is InChI=1S/C21H23Cl2N3O4/c1-2-7-24(10-25-18(27)14-5-3-12(22)8-16(14)20(25)29)11-26-19(28)15-6-4-13(23)9-17(15)21(26)30/h2-4,14-17H,1,5-11H2/t14-,15+,16+,17-. The van der Waals surface area contributed by atoms with Gasteiger partial charge in [0.1, 0.15) is 0 Å². The van der Waals surface area contributed by atoms with E-state index in [2.05, 4.69) is 6.58 Å². The molecule has 0 spiro atoms. The largest absolute Gasteiger partial charge is 0.274 e. The van der Waals surface area contributed by atoms with Crippen molar-refractivity contribution in [1.29, 1.82) is 0 Å². The lowest BCUT2D eigenvalue weighted by molar-refractivity contribution is -0.145. The quantitative estimate of drug-likeness (QED) is 0.457. The lowest BCUT2D eigenvalue weighted by Crippen LogP contribution is -2.48. The van der Waals surface area contributed by atoms with Gasteiger partial charge in [-0.15, -0.1) is 6.58 Å². The minimum absolute atomic E-state index is 0.000292. The topological polar surface area (TPSA) is 78.0 Å². The smallest absolute Gasteiger partial charge is 0.234 e. The van der Waals surface area contributed by atoms with Gasteiger partial charge < -0.3 is 0 Å². The molecule has 2 aliphatic carbocycles. The van der Waals surface area contributed by atoms with Gasteiger partial charge in [-0.25, -0.2) is 0 Å². The number of fused-ring (bicyclic) bond motifs is 2. The van der Waals surface area contributed by atoms with Crippen molar-refractivity contribution in [3.8, 4) is 0 Å². The van der Waals surface area contributed by atoms with E-state index in [1.54, 1.807) is 23.1 Å². The van der Waals surface area contributed by atoms with Gasteiger partial charge in [0.05, 0.1) is 37.0 Å². The molecule has 7 nitrogen and oxygen atoms in total. The summed E-state index contributed by atoms with van der Waals surface area (Å²) in [6.45, 7) is 4.04. The van der Waals surface area contributed by atoms with Crippen molar-refractivity contribution in [2.75, 3.05) is 19.9 Å². The number of hydrogen-bond acceptors (Lipinski definition) is 5. The molecule has 2 heterocycles. The highest BCUT2D eigenvalue weighted by molar-refractivity contribution is 6.30. The summed E-state index contributed by atoms with van der Waals surface area (Å²) >= 11 is 12.2. The predicted octanol–water partition coefficient (Wildman–Crippen LogP) is 2.42. The molecule has 4 amide bonds. The van der Waals surface area contributed by atoms with E-state index in [0.717, 1.165) is 0 Å². The Morgan fingerprint density at radius 1 is 0.833 bits per heavy atom. The second-order valence-electron chi connectivity index (χ2n) is 8.24. The summed E-state index contributed by atoms with van der Waals surface area (Å²) < 4.78 is 0. The first-order valence-corrected chi connectivity index (χ1v) is 10.8. The summed E-state index contributed by atoms with van der Waals surface area (Å²) in [5.74, 6) is -2.64. The number of nitrogens with zero attached hydrogens (tertiary/aromatic N) is 3. The van der Waals surface area contributed by atoms with Gasteiger partial charge in [-0.1, -0.05) is 41.4 Å². The summed E-state index contributed by atoms with van der Waals surface area (Å²) in [5.41, 5.74) is 0. The SMILES string of the molecule is C=CCN(CN1C(=O)[C@H]2CC(Cl)=CC[C@H]2C1=O)CN1C(=O)[C@H]2CC=C(Cl)C[C@H]2C1=O. The maximum atomic E-state index is 12.8. The van der Waals surface area contributed by atoms with E-state index in [1.165, 1.54) is 9.80 Å². The van der Waals surface area contributed by atoms with E-state index in [-0.39, 0.29) is 37.0 Å². The Labute approximate surface area is 184 Å². The molecule has 2 saturated heterocycles. The Bertz CT molecular complexity index is 817. The monoisotopic (exact) mass is 451 g/mol. The Morgan fingerprint density at radius 2 is 1.23 bits per heavy atom. The van der Waals surface area contributed by atoms with Crippen molar-refractivity contribution in [2.45, 2.75) is 25.7 Å². The zero-order valence-electron chi connectivity index (χ0n) is 16.4. The number of imide groups is 2. The van der Waals surface area contributed by atoms with Gasteiger partial charge in [-0.3, -0.25) is 33.9 Å². The van der Waals surface area contributed by atoms with E-state index in [0.29, 0.717) is 42.3 Å². The summed E-state index contributed by atoms with van der Waals surface area (Å²) in [6, 6.07) is 0. The van der Waals surface area contributed by atoms with Crippen molar-refractivity contribution in [1.82, 2.24) is 14.7 Å². The van der Waals surface area contributed by atoms with Crippen LogP contribution in [0.5, 0.6) is 0 Å². The van der Waals surface area contributed by atoms with Crippen molar-refractivity contribution >= 4 is 46.8 Å². The molecule has 30 heavy (non-hydrogen) atoms. The second kappa shape index (κ2) is 8.29. The molecule has 160 valence electrons. The van der Waals surface area contributed by atoms with Crippen LogP contribution in [0, 0.1) is 23.7 Å². The van der Waals surface area contributed by atoms with E-state index in [1.807, 2.05) is 0 Å². The summed E-state index contributed by atoms with van der Waals surface area (Å²) in [6.07, 6.45) is 6.85. The van der Waals surface area contributed by atoms with Crippen LogP contribution in [-0.4, -0.2) is 58.2 Å². The Hall–Kier alpha value is -1.96. The van der Waals surface area contributed by atoms with Crippen molar-refractivity contribution in [2.24, 2.45) is 23.7 Å². The number of hydrogen-bond donors (Lipinski definition) is 0. The minimum Gasteiger partial charge on any atom is -0.274 e. The highest BCUT2D eigenvalue weighted by Crippen LogP contribution is 2.40. The molecule has 0 bridgehead atoms.